The number of nitrogens with zero attached hydrogens (tertiary/aromatic N) is 3. The van der Waals surface area contributed by atoms with Gasteiger partial charge in [-0.05, 0) is 18.2 Å². The van der Waals surface area contributed by atoms with Crippen LogP contribution in [-0.2, 0) is 16.6 Å². The Hall–Kier alpha value is -2.06. The largest absolute Gasteiger partial charge is 0.313 e. The molecule has 2 aromatic rings. The van der Waals surface area contributed by atoms with Gasteiger partial charge in [-0.1, -0.05) is 25.1 Å². The van der Waals surface area contributed by atoms with Crippen molar-refractivity contribution in [1.29, 1.82) is 0 Å². The molecule has 1 heterocycles. The molecule has 2 rings (SSSR count). The molecule has 0 unspecified atom stereocenters. The van der Waals surface area contributed by atoms with Crippen molar-refractivity contribution in [2.24, 2.45) is 0 Å². The summed E-state index contributed by atoms with van der Waals surface area (Å²) in [6, 6.07) is 6.78. The Morgan fingerprint density at radius 3 is 2.70 bits per heavy atom. The lowest BCUT2D eigenvalue weighted by molar-refractivity contribution is 0.598. The van der Waals surface area contributed by atoms with Crippen molar-refractivity contribution in [3.05, 3.63) is 42.2 Å². The highest BCUT2D eigenvalue weighted by Gasteiger charge is 2.19. The van der Waals surface area contributed by atoms with Crippen molar-refractivity contribution in [2.75, 3.05) is 11.3 Å². The van der Waals surface area contributed by atoms with Gasteiger partial charge < -0.3 is 5.32 Å². The van der Waals surface area contributed by atoms with Crippen LogP contribution in [0.1, 0.15) is 12.5 Å². The molecule has 0 aliphatic heterocycles. The SMILES string of the molecule is CCNCc1ccccc1S(=O)(=O)Nc1nccnn1. The number of nitrogens with one attached hydrogen (secondary N) is 2. The monoisotopic (exact) mass is 293 g/mol. The van der Waals surface area contributed by atoms with Gasteiger partial charge >= 0.3 is 0 Å². The zero-order chi connectivity index (χ0) is 14.4. The summed E-state index contributed by atoms with van der Waals surface area (Å²) in [6.45, 7) is 3.19. The predicted octanol–water partition coefficient (Wildman–Crippen LogP) is 0.782. The van der Waals surface area contributed by atoms with Gasteiger partial charge in [0.1, 0.15) is 0 Å². The molecule has 0 bridgehead atoms. The molecule has 106 valence electrons. The molecule has 0 aliphatic rings. The van der Waals surface area contributed by atoms with Crippen LogP contribution in [0.3, 0.4) is 0 Å². The van der Waals surface area contributed by atoms with E-state index in [0.717, 1.165) is 6.54 Å². The molecule has 0 amide bonds. The van der Waals surface area contributed by atoms with Crippen molar-refractivity contribution < 1.29 is 8.42 Å². The summed E-state index contributed by atoms with van der Waals surface area (Å²) in [5.41, 5.74) is 0.686. The smallest absolute Gasteiger partial charge is 0.264 e. The second-order valence-corrected chi connectivity index (χ2v) is 5.61. The normalized spacial score (nSPS) is 11.2. The van der Waals surface area contributed by atoms with Crippen molar-refractivity contribution in [1.82, 2.24) is 20.5 Å². The molecule has 0 saturated heterocycles. The summed E-state index contributed by atoms with van der Waals surface area (Å²) >= 11 is 0. The van der Waals surface area contributed by atoms with Crippen LogP contribution in [0.4, 0.5) is 5.95 Å². The van der Waals surface area contributed by atoms with Gasteiger partial charge in [-0.15, -0.1) is 5.10 Å². The Bertz CT molecular complexity index is 661. The van der Waals surface area contributed by atoms with Crippen molar-refractivity contribution >= 4 is 16.0 Å². The Balaban J connectivity index is 2.30. The number of hydrogen-bond acceptors (Lipinski definition) is 6. The van der Waals surface area contributed by atoms with Gasteiger partial charge in [0.25, 0.3) is 16.0 Å². The van der Waals surface area contributed by atoms with Crippen LogP contribution in [0.5, 0.6) is 0 Å². The number of anilines is 1. The fraction of sp³-hybridized carbons (Fsp3) is 0.250. The van der Waals surface area contributed by atoms with Gasteiger partial charge in [0.15, 0.2) is 0 Å². The maximum absolute atomic E-state index is 12.3. The topological polar surface area (TPSA) is 96.9 Å². The molecule has 1 aromatic heterocycles. The quantitative estimate of drug-likeness (QED) is 0.817. The van der Waals surface area contributed by atoms with E-state index in [-0.39, 0.29) is 10.8 Å². The van der Waals surface area contributed by atoms with E-state index in [0.29, 0.717) is 12.1 Å². The number of rotatable bonds is 6. The molecule has 0 atom stereocenters. The molecule has 0 fully saturated rings. The van der Waals surface area contributed by atoms with E-state index in [1.54, 1.807) is 24.3 Å². The first-order valence-electron chi connectivity index (χ1n) is 6.08. The highest BCUT2D eigenvalue weighted by Crippen LogP contribution is 2.17. The Labute approximate surface area is 117 Å². The summed E-state index contributed by atoms with van der Waals surface area (Å²) in [5.74, 6) is -0.0502. The Morgan fingerprint density at radius 1 is 1.20 bits per heavy atom. The van der Waals surface area contributed by atoms with E-state index >= 15 is 0 Å². The molecule has 0 saturated carbocycles. The Morgan fingerprint density at radius 2 is 2.00 bits per heavy atom. The van der Waals surface area contributed by atoms with E-state index in [1.807, 2.05) is 6.92 Å². The van der Waals surface area contributed by atoms with Crippen LogP contribution in [0.2, 0.25) is 0 Å². The van der Waals surface area contributed by atoms with E-state index in [9.17, 15) is 8.42 Å². The van der Waals surface area contributed by atoms with Gasteiger partial charge in [-0.25, -0.2) is 18.1 Å². The highest BCUT2D eigenvalue weighted by atomic mass is 32.2. The van der Waals surface area contributed by atoms with Gasteiger partial charge in [-0.2, -0.15) is 5.10 Å². The zero-order valence-corrected chi connectivity index (χ0v) is 11.8. The maximum atomic E-state index is 12.3. The van der Waals surface area contributed by atoms with E-state index in [1.165, 1.54) is 12.4 Å². The molecule has 0 spiro atoms. The highest BCUT2D eigenvalue weighted by molar-refractivity contribution is 7.92. The molecule has 7 nitrogen and oxygen atoms in total. The van der Waals surface area contributed by atoms with Crippen LogP contribution in [0.25, 0.3) is 0 Å². The van der Waals surface area contributed by atoms with E-state index in [2.05, 4.69) is 25.2 Å². The van der Waals surface area contributed by atoms with Crippen molar-refractivity contribution in [3.8, 4) is 0 Å². The molecule has 8 heteroatoms. The van der Waals surface area contributed by atoms with Gasteiger partial charge in [0.05, 0.1) is 17.3 Å². The molecule has 2 N–H and O–H groups in total. The third kappa shape index (κ3) is 3.49. The number of benzene rings is 1. The fourth-order valence-corrected chi connectivity index (χ4v) is 2.83. The van der Waals surface area contributed by atoms with Gasteiger partial charge in [0.2, 0.25) is 0 Å². The minimum absolute atomic E-state index is 0.0502. The van der Waals surface area contributed by atoms with Gasteiger partial charge in [-0.3, -0.25) is 0 Å². The van der Waals surface area contributed by atoms with E-state index < -0.39 is 10.0 Å². The standard InChI is InChI=1S/C12H15N5O2S/c1-2-13-9-10-5-3-4-6-11(10)20(18,19)17-12-14-7-8-15-16-12/h3-8,13H,2,9H2,1H3,(H,14,16,17). The van der Waals surface area contributed by atoms with Crippen molar-refractivity contribution in [2.45, 2.75) is 18.4 Å². The minimum Gasteiger partial charge on any atom is -0.313 e. The lowest BCUT2D eigenvalue weighted by atomic mass is 10.2. The lowest BCUT2D eigenvalue weighted by Crippen LogP contribution is -2.20. The maximum Gasteiger partial charge on any atom is 0.264 e. The molecule has 0 radical (unpaired) electrons. The lowest BCUT2D eigenvalue weighted by Gasteiger charge is -2.11. The molecule has 0 aliphatic carbocycles. The van der Waals surface area contributed by atoms with E-state index in [4.69, 9.17) is 0 Å². The third-order valence-corrected chi connectivity index (χ3v) is 3.96. The van der Waals surface area contributed by atoms with Crippen LogP contribution >= 0.6 is 0 Å². The van der Waals surface area contributed by atoms with Crippen LogP contribution < -0.4 is 10.0 Å². The summed E-state index contributed by atoms with van der Waals surface area (Å²) in [5, 5.41) is 10.3. The second kappa shape index (κ2) is 6.40. The fourth-order valence-electron chi connectivity index (χ4n) is 1.64. The van der Waals surface area contributed by atoms with Crippen LogP contribution in [-0.4, -0.2) is 30.1 Å². The average Bonchev–Trinajstić information content (AvgIpc) is 2.46. The number of aromatic nitrogens is 3. The summed E-state index contributed by atoms with van der Waals surface area (Å²) in [7, 11) is -3.73. The van der Waals surface area contributed by atoms with Crippen LogP contribution in [0.15, 0.2) is 41.6 Å². The third-order valence-electron chi connectivity index (χ3n) is 2.54. The number of hydrogen-bond donors (Lipinski definition) is 2. The molecular weight excluding hydrogens is 278 g/mol. The molecule has 1 aromatic carbocycles. The minimum atomic E-state index is -3.73. The first-order valence-corrected chi connectivity index (χ1v) is 7.57. The Kier molecular flexibility index (Phi) is 4.59. The zero-order valence-electron chi connectivity index (χ0n) is 10.9. The summed E-state index contributed by atoms with van der Waals surface area (Å²) in [4.78, 5) is 4.00. The molecule has 20 heavy (non-hydrogen) atoms. The first kappa shape index (κ1) is 14.4. The summed E-state index contributed by atoms with van der Waals surface area (Å²) < 4.78 is 27.0. The second-order valence-electron chi connectivity index (χ2n) is 3.96. The van der Waals surface area contributed by atoms with Crippen molar-refractivity contribution in [3.63, 3.8) is 0 Å². The summed E-state index contributed by atoms with van der Waals surface area (Å²) in [6.07, 6.45) is 2.74. The van der Waals surface area contributed by atoms with Crippen LogP contribution in [0, 0.1) is 0 Å². The first-order chi connectivity index (χ1) is 9.63. The molecular formula is C12H15N5O2S. The average molecular weight is 293 g/mol. The number of sulfonamides is 1. The van der Waals surface area contributed by atoms with Gasteiger partial charge in [0, 0.05) is 6.54 Å². The predicted molar refractivity (Wildman–Crippen MR) is 74.5 cm³/mol.